The molecule has 2 rings (SSSR count). The number of primary amides is 1. The molecule has 5 atom stereocenters. The van der Waals surface area contributed by atoms with Gasteiger partial charge in [0, 0.05) is 32.7 Å². The van der Waals surface area contributed by atoms with Crippen LogP contribution in [-0.2, 0) is 24.0 Å². The number of amides is 5. The molecule has 0 bridgehead atoms. The van der Waals surface area contributed by atoms with Gasteiger partial charge in [-0.25, -0.2) is 0 Å². The standard InChI is InChI=1S/C28H51N9O5/c1-16(2)14-20(29)25(40)36-12-11-35(26(41)21(36)8-7-9-33-28(31)32)19(6)24(39)37-13-10-34(18(5)23(30)38)27(42)22(37)15-17(3)4/h16-22H,7-15,29H2,1-6H3,(H2,30,38)(H4,31,32,33)/t18-,19-,20-,21-,22-/m0/s1. The maximum Gasteiger partial charge on any atom is 0.246 e. The van der Waals surface area contributed by atoms with Crippen molar-refractivity contribution in [1.82, 2.24) is 19.6 Å². The number of nitrogens with two attached hydrogens (primary N) is 4. The molecule has 0 radical (unpaired) electrons. The van der Waals surface area contributed by atoms with Crippen molar-refractivity contribution >= 4 is 35.5 Å². The van der Waals surface area contributed by atoms with Gasteiger partial charge in [-0.05, 0) is 51.4 Å². The lowest BCUT2D eigenvalue weighted by molar-refractivity contribution is -0.163. The summed E-state index contributed by atoms with van der Waals surface area (Å²) < 4.78 is 0. The molecule has 2 aliphatic rings. The Hall–Kier alpha value is -3.42. The number of carbonyl (C=O) groups excluding carboxylic acids is 5. The number of rotatable bonds is 13. The number of aliphatic imine (C=N–C) groups is 1. The SMILES string of the molecule is CC(C)C[C@H](N)C(=O)N1CCN([C@@H](C)C(=O)N2CCN([C@@H](C)C(N)=O)C(=O)[C@@H]2CC(C)C)C(=O)[C@@H]1CCCN=C(N)N. The van der Waals surface area contributed by atoms with Crippen LogP contribution in [-0.4, -0.2) is 118 Å². The molecule has 0 spiro atoms. The largest absolute Gasteiger partial charge is 0.370 e. The highest BCUT2D eigenvalue weighted by atomic mass is 16.2. The monoisotopic (exact) mass is 593 g/mol. The Bertz CT molecular complexity index is 1030. The third-order valence-electron chi connectivity index (χ3n) is 7.99. The third-order valence-corrected chi connectivity index (χ3v) is 7.99. The molecule has 0 aliphatic carbocycles. The first-order valence-electron chi connectivity index (χ1n) is 14.9. The van der Waals surface area contributed by atoms with Gasteiger partial charge in [-0.3, -0.25) is 29.0 Å². The van der Waals surface area contributed by atoms with Crippen LogP contribution in [0.3, 0.4) is 0 Å². The zero-order chi connectivity index (χ0) is 31.9. The molecule has 14 nitrogen and oxygen atoms in total. The highest BCUT2D eigenvalue weighted by Crippen LogP contribution is 2.25. The maximum atomic E-state index is 13.9. The quantitative estimate of drug-likeness (QED) is 0.115. The van der Waals surface area contributed by atoms with Crippen molar-refractivity contribution in [3.8, 4) is 0 Å². The van der Waals surface area contributed by atoms with E-state index in [0.717, 1.165) is 0 Å². The summed E-state index contributed by atoms with van der Waals surface area (Å²) in [5, 5.41) is 0. The Morgan fingerprint density at radius 1 is 0.786 bits per heavy atom. The third kappa shape index (κ3) is 8.55. The minimum Gasteiger partial charge on any atom is -0.370 e. The second kappa shape index (κ2) is 15.2. The molecule has 14 heteroatoms. The molecule has 0 aromatic rings. The topological polar surface area (TPSA) is 215 Å². The zero-order valence-corrected chi connectivity index (χ0v) is 26.0. The molecular weight excluding hydrogens is 542 g/mol. The van der Waals surface area contributed by atoms with Crippen LogP contribution >= 0.6 is 0 Å². The number of hydrogen-bond acceptors (Lipinski definition) is 7. The van der Waals surface area contributed by atoms with Gasteiger partial charge < -0.3 is 42.5 Å². The highest BCUT2D eigenvalue weighted by molar-refractivity contribution is 5.96. The average Bonchev–Trinajstić information content (AvgIpc) is 2.90. The van der Waals surface area contributed by atoms with Gasteiger partial charge >= 0.3 is 0 Å². The fourth-order valence-electron chi connectivity index (χ4n) is 5.70. The van der Waals surface area contributed by atoms with E-state index in [2.05, 4.69) is 4.99 Å². The van der Waals surface area contributed by atoms with Gasteiger partial charge in [0.2, 0.25) is 29.5 Å². The second-order valence-electron chi connectivity index (χ2n) is 12.2. The summed E-state index contributed by atoms with van der Waals surface area (Å²) in [4.78, 5) is 76.3. The van der Waals surface area contributed by atoms with Gasteiger partial charge in [-0.2, -0.15) is 0 Å². The van der Waals surface area contributed by atoms with E-state index >= 15 is 0 Å². The van der Waals surface area contributed by atoms with Crippen molar-refractivity contribution in [3.63, 3.8) is 0 Å². The van der Waals surface area contributed by atoms with E-state index in [1.807, 2.05) is 27.7 Å². The number of piperazine rings is 2. The van der Waals surface area contributed by atoms with Crippen molar-refractivity contribution in [2.75, 3.05) is 32.7 Å². The Labute approximate surface area is 249 Å². The second-order valence-corrected chi connectivity index (χ2v) is 12.2. The van der Waals surface area contributed by atoms with Crippen LogP contribution in [0.15, 0.2) is 4.99 Å². The Balaban J connectivity index is 2.29. The van der Waals surface area contributed by atoms with Crippen molar-refractivity contribution in [2.24, 2.45) is 39.8 Å². The van der Waals surface area contributed by atoms with Crippen LogP contribution in [0.25, 0.3) is 0 Å². The Morgan fingerprint density at radius 2 is 1.31 bits per heavy atom. The summed E-state index contributed by atoms with van der Waals surface area (Å²) in [6, 6.07) is -4.02. The first-order chi connectivity index (χ1) is 19.6. The Kier molecular flexibility index (Phi) is 12.6. The number of nitrogens with zero attached hydrogens (tertiary/aromatic N) is 5. The summed E-state index contributed by atoms with van der Waals surface area (Å²) in [5.41, 5.74) is 22.6. The highest BCUT2D eigenvalue weighted by Gasteiger charge is 2.45. The van der Waals surface area contributed by atoms with Crippen molar-refractivity contribution in [2.45, 2.75) is 97.4 Å². The molecular formula is C28H51N9O5. The van der Waals surface area contributed by atoms with E-state index in [1.54, 1.807) is 13.8 Å². The van der Waals surface area contributed by atoms with Crippen molar-refractivity contribution in [1.29, 1.82) is 0 Å². The number of carbonyl (C=O) groups is 5. The maximum absolute atomic E-state index is 13.9. The summed E-state index contributed by atoms with van der Waals surface area (Å²) >= 11 is 0. The van der Waals surface area contributed by atoms with E-state index in [1.165, 1.54) is 19.6 Å². The molecule has 8 N–H and O–H groups in total. The molecule has 238 valence electrons. The summed E-state index contributed by atoms with van der Waals surface area (Å²) in [7, 11) is 0. The van der Waals surface area contributed by atoms with Crippen LogP contribution in [0.5, 0.6) is 0 Å². The zero-order valence-electron chi connectivity index (χ0n) is 26.0. The molecule has 5 amide bonds. The fourth-order valence-corrected chi connectivity index (χ4v) is 5.70. The predicted octanol–water partition coefficient (Wildman–Crippen LogP) is -1.20. The van der Waals surface area contributed by atoms with Gasteiger partial charge in [-0.1, -0.05) is 27.7 Å². The van der Waals surface area contributed by atoms with Crippen LogP contribution in [0.4, 0.5) is 0 Å². The fraction of sp³-hybridized carbons (Fsp3) is 0.786. The lowest BCUT2D eigenvalue weighted by atomic mass is 9.96. The van der Waals surface area contributed by atoms with Crippen LogP contribution in [0.2, 0.25) is 0 Å². The first-order valence-corrected chi connectivity index (χ1v) is 14.9. The molecule has 2 saturated heterocycles. The molecule has 2 fully saturated rings. The molecule has 0 aromatic heterocycles. The molecule has 42 heavy (non-hydrogen) atoms. The lowest BCUT2D eigenvalue weighted by Gasteiger charge is -2.47. The van der Waals surface area contributed by atoms with Gasteiger partial charge in [0.1, 0.15) is 24.2 Å². The lowest BCUT2D eigenvalue weighted by Crippen LogP contribution is -2.67. The van der Waals surface area contributed by atoms with Crippen LogP contribution in [0, 0.1) is 11.8 Å². The molecule has 0 unspecified atom stereocenters. The van der Waals surface area contributed by atoms with Crippen LogP contribution in [0.1, 0.15) is 67.2 Å². The van der Waals surface area contributed by atoms with Gasteiger partial charge in [0.15, 0.2) is 5.96 Å². The smallest absolute Gasteiger partial charge is 0.246 e. The summed E-state index contributed by atoms with van der Waals surface area (Å²) in [6.45, 7) is 12.1. The van der Waals surface area contributed by atoms with Gasteiger partial charge in [0.05, 0.1) is 6.04 Å². The van der Waals surface area contributed by atoms with Gasteiger partial charge in [0.25, 0.3) is 0 Å². The van der Waals surface area contributed by atoms with E-state index in [-0.39, 0.29) is 74.1 Å². The van der Waals surface area contributed by atoms with Gasteiger partial charge in [-0.15, -0.1) is 0 Å². The predicted molar refractivity (Wildman–Crippen MR) is 159 cm³/mol. The molecule has 2 heterocycles. The van der Waals surface area contributed by atoms with Crippen LogP contribution < -0.4 is 22.9 Å². The Morgan fingerprint density at radius 3 is 1.81 bits per heavy atom. The van der Waals surface area contributed by atoms with E-state index in [0.29, 0.717) is 25.7 Å². The van der Waals surface area contributed by atoms with E-state index in [9.17, 15) is 24.0 Å². The molecule has 2 aliphatic heterocycles. The normalized spacial score (nSPS) is 21.9. The molecule has 0 aromatic carbocycles. The van der Waals surface area contributed by atoms with Crippen molar-refractivity contribution < 1.29 is 24.0 Å². The van der Waals surface area contributed by atoms with Crippen molar-refractivity contribution in [3.05, 3.63) is 0 Å². The summed E-state index contributed by atoms with van der Waals surface area (Å²) in [5.74, 6) is -1.73. The summed E-state index contributed by atoms with van der Waals surface area (Å²) in [6.07, 6.45) is 1.62. The number of hydrogen-bond donors (Lipinski definition) is 4. The molecule has 0 saturated carbocycles. The van der Waals surface area contributed by atoms with E-state index in [4.69, 9.17) is 22.9 Å². The minimum absolute atomic E-state index is 0.0616. The average molecular weight is 594 g/mol. The number of guanidine groups is 1. The first kappa shape index (κ1) is 34.8. The van der Waals surface area contributed by atoms with E-state index < -0.39 is 36.1 Å². The minimum atomic E-state index is -0.873.